The first kappa shape index (κ1) is 20.2. The van der Waals surface area contributed by atoms with E-state index >= 15 is 0 Å². The number of aromatic amines is 1. The number of para-hydroxylation sites is 1. The Hall–Kier alpha value is -3.75. The maximum atomic E-state index is 13.0. The number of ketones is 1. The van der Waals surface area contributed by atoms with Gasteiger partial charge in [0, 0.05) is 45.4 Å². The molecule has 0 aliphatic heterocycles. The summed E-state index contributed by atoms with van der Waals surface area (Å²) in [5, 5.41) is 12.3. The van der Waals surface area contributed by atoms with E-state index < -0.39 is 4.92 Å². The van der Waals surface area contributed by atoms with E-state index in [0.717, 1.165) is 20.7 Å². The molecule has 7 nitrogen and oxygen atoms in total. The number of imidazole rings is 1. The molecule has 0 bridgehead atoms. The number of nitro benzene ring substituents is 1. The molecule has 0 radical (unpaired) electrons. The number of thiazole rings is 1. The van der Waals surface area contributed by atoms with Crippen LogP contribution in [0.2, 0.25) is 5.02 Å². The third-order valence-corrected chi connectivity index (χ3v) is 6.36. The standard InChI is InChI=1S/C23H15ClN4O3S/c1-13-12-27-19(8-9-21(29)16-11-25-18-5-3-2-4-15(16)18)22(26-23(27)32-13)14-6-7-17(24)20(10-14)28(30)31/h2-12,25H,1H3/b9-8+. The molecule has 32 heavy (non-hydrogen) atoms. The van der Waals surface area contributed by atoms with Gasteiger partial charge in [-0.15, -0.1) is 11.3 Å². The molecule has 0 saturated carbocycles. The second-order valence-corrected chi connectivity index (χ2v) is 8.83. The fourth-order valence-electron chi connectivity index (χ4n) is 3.66. The predicted molar refractivity (Wildman–Crippen MR) is 127 cm³/mol. The minimum absolute atomic E-state index is 0.0576. The number of carbonyl (C=O) groups excluding carboxylic acids is 1. The molecule has 0 saturated heterocycles. The van der Waals surface area contributed by atoms with Crippen LogP contribution in [0.4, 0.5) is 5.69 Å². The number of fused-ring (bicyclic) bond motifs is 2. The lowest BCUT2D eigenvalue weighted by atomic mass is 10.1. The molecule has 0 atom stereocenters. The van der Waals surface area contributed by atoms with Crippen LogP contribution < -0.4 is 0 Å². The lowest BCUT2D eigenvalue weighted by Gasteiger charge is -2.02. The first-order valence-corrected chi connectivity index (χ1v) is 10.8. The summed E-state index contributed by atoms with van der Waals surface area (Å²) in [6.07, 6.45) is 6.82. The van der Waals surface area contributed by atoms with Crippen molar-refractivity contribution in [2.75, 3.05) is 0 Å². The number of nitrogens with zero attached hydrogens (tertiary/aromatic N) is 3. The average molecular weight is 463 g/mol. The van der Waals surface area contributed by atoms with Gasteiger partial charge in [0.05, 0.1) is 16.3 Å². The first-order valence-electron chi connectivity index (χ1n) is 9.63. The first-order chi connectivity index (χ1) is 15.4. The number of hydrogen-bond acceptors (Lipinski definition) is 5. The highest BCUT2D eigenvalue weighted by atomic mass is 35.5. The van der Waals surface area contributed by atoms with Crippen molar-refractivity contribution in [1.29, 1.82) is 0 Å². The monoisotopic (exact) mass is 462 g/mol. The lowest BCUT2D eigenvalue weighted by molar-refractivity contribution is -0.384. The van der Waals surface area contributed by atoms with Gasteiger partial charge >= 0.3 is 0 Å². The zero-order valence-corrected chi connectivity index (χ0v) is 18.3. The number of halogens is 1. The highest BCUT2D eigenvalue weighted by Gasteiger charge is 2.19. The normalized spacial score (nSPS) is 11.7. The van der Waals surface area contributed by atoms with Crippen molar-refractivity contribution in [2.24, 2.45) is 0 Å². The zero-order valence-electron chi connectivity index (χ0n) is 16.7. The van der Waals surface area contributed by atoms with E-state index in [4.69, 9.17) is 11.6 Å². The van der Waals surface area contributed by atoms with E-state index in [0.29, 0.717) is 22.5 Å². The van der Waals surface area contributed by atoms with Gasteiger partial charge < -0.3 is 4.98 Å². The number of H-pyrrole nitrogens is 1. The van der Waals surface area contributed by atoms with E-state index in [2.05, 4.69) is 9.97 Å². The Labute approximate surface area is 190 Å². The number of aromatic nitrogens is 3. The van der Waals surface area contributed by atoms with Gasteiger partial charge in [-0.25, -0.2) is 4.98 Å². The highest BCUT2D eigenvalue weighted by Crippen LogP contribution is 2.34. The van der Waals surface area contributed by atoms with Crippen LogP contribution in [-0.2, 0) is 0 Å². The van der Waals surface area contributed by atoms with E-state index in [1.54, 1.807) is 18.3 Å². The Balaban J connectivity index is 1.61. The van der Waals surface area contributed by atoms with Crippen molar-refractivity contribution in [2.45, 2.75) is 6.92 Å². The quantitative estimate of drug-likeness (QED) is 0.143. The van der Waals surface area contributed by atoms with Gasteiger partial charge in [0.2, 0.25) is 0 Å². The molecule has 0 spiro atoms. The van der Waals surface area contributed by atoms with Crippen LogP contribution in [0, 0.1) is 17.0 Å². The summed E-state index contributed by atoms with van der Waals surface area (Å²) in [5.74, 6) is -0.155. The van der Waals surface area contributed by atoms with E-state index in [1.807, 2.05) is 41.8 Å². The van der Waals surface area contributed by atoms with Gasteiger partial charge in [-0.05, 0) is 31.2 Å². The molecule has 3 heterocycles. The third kappa shape index (κ3) is 3.39. The summed E-state index contributed by atoms with van der Waals surface area (Å²) >= 11 is 7.47. The van der Waals surface area contributed by atoms with Gasteiger partial charge in [-0.1, -0.05) is 35.9 Å². The number of hydrogen-bond donors (Lipinski definition) is 1. The van der Waals surface area contributed by atoms with E-state index in [1.165, 1.54) is 29.5 Å². The molecule has 0 amide bonds. The van der Waals surface area contributed by atoms with Crippen molar-refractivity contribution < 1.29 is 9.72 Å². The summed E-state index contributed by atoms with van der Waals surface area (Å²) in [6, 6.07) is 12.2. The topological polar surface area (TPSA) is 93.3 Å². The Morgan fingerprint density at radius 1 is 1.28 bits per heavy atom. The van der Waals surface area contributed by atoms with Crippen LogP contribution in [-0.4, -0.2) is 25.1 Å². The molecule has 158 valence electrons. The lowest BCUT2D eigenvalue weighted by Crippen LogP contribution is -1.94. The smallest absolute Gasteiger partial charge is 0.288 e. The number of carbonyl (C=O) groups is 1. The van der Waals surface area contributed by atoms with Crippen molar-refractivity contribution in [3.8, 4) is 11.3 Å². The Morgan fingerprint density at radius 3 is 2.91 bits per heavy atom. The molecule has 1 N–H and O–H groups in total. The second kappa shape index (κ2) is 7.74. The van der Waals surface area contributed by atoms with Gasteiger partial charge in [0.25, 0.3) is 5.69 Å². The molecule has 0 fully saturated rings. The molecular weight excluding hydrogens is 448 g/mol. The summed E-state index contributed by atoms with van der Waals surface area (Å²) in [7, 11) is 0. The summed E-state index contributed by atoms with van der Waals surface area (Å²) in [6.45, 7) is 1.97. The van der Waals surface area contributed by atoms with Crippen LogP contribution in [0.25, 0.3) is 33.2 Å². The average Bonchev–Trinajstić information content (AvgIpc) is 3.44. The van der Waals surface area contributed by atoms with Crippen LogP contribution in [0.15, 0.2) is 60.9 Å². The van der Waals surface area contributed by atoms with Crippen LogP contribution >= 0.6 is 22.9 Å². The number of nitro groups is 1. The fraction of sp³-hybridized carbons (Fsp3) is 0.0435. The molecule has 9 heteroatoms. The zero-order chi connectivity index (χ0) is 22.4. The van der Waals surface area contributed by atoms with Gasteiger partial charge in [0.1, 0.15) is 5.02 Å². The largest absolute Gasteiger partial charge is 0.360 e. The predicted octanol–water partition coefficient (Wildman–Crippen LogP) is 6.31. The van der Waals surface area contributed by atoms with E-state index in [9.17, 15) is 14.9 Å². The van der Waals surface area contributed by atoms with Crippen molar-refractivity contribution in [3.63, 3.8) is 0 Å². The van der Waals surface area contributed by atoms with E-state index in [-0.39, 0.29) is 16.5 Å². The minimum Gasteiger partial charge on any atom is -0.360 e. The molecule has 5 rings (SSSR count). The molecule has 0 unspecified atom stereocenters. The van der Waals surface area contributed by atoms with Crippen LogP contribution in [0.1, 0.15) is 20.9 Å². The van der Waals surface area contributed by atoms with Crippen LogP contribution in [0.5, 0.6) is 0 Å². The van der Waals surface area contributed by atoms with Crippen LogP contribution in [0.3, 0.4) is 0 Å². The number of benzene rings is 2. The third-order valence-electron chi connectivity index (χ3n) is 5.14. The molecule has 3 aromatic heterocycles. The summed E-state index contributed by atoms with van der Waals surface area (Å²) in [4.78, 5) is 33.3. The minimum atomic E-state index is -0.523. The van der Waals surface area contributed by atoms with Gasteiger partial charge in [-0.2, -0.15) is 0 Å². The molecule has 0 aliphatic rings. The van der Waals surface area contributed by atoms with Gasteiger partial charge in [0.15, 0.2) is 10.7 Å². The summed E-state index contributed by atoms with van der Waals surface area (Å²) in [5.41, 5.74) is 3.02. The second-order valence-electron chi connectivity index (χ2n) is 7.21. The molecule has 2 aromatic carbocycles. The Bertz CT molecular complexity index is 1560. The number of nitrogens with one attached hydrogen (secondary N) is 1. The van der Waals surface area contributed by atoms with Crippen molar-refractivity contribution >= 4 is 56.3 Å². The summed E-state index contributed by atoms with van der Waals surface area (Å²) < 4.78 is 1.88. The number of rotatable bonds is 5. The van der Waals surface area contributed by atoms with Crippen molar-refractivity contribution in [1.82, 2.24) is 14.4 Å². The SMILES string of the molecule is Cc1cn2c(/C=C/C(=O)c3c[nH]c4ccccc34)c(-c3ccc(Cl)c([N+](=O)[O-])c3)nc2s1. The molecular formula is C23H15ClN4O3S. The number of aryl methyl sites for hydroxylation is 1. The fourth-order valence-corrected chi connectivity index (χ4v) is 4.68. The Morgan fingerprint density at radius 2 is 2.09 bits per heavy atom. The highest BCUT2D eigenvalue weighted by molar-refractivity contribution is 7.17. The number of allylic oxidation sites excluding steroid dienone is 1. The molecule has 5 aromatic rings. The molecule has 0 aliphatic carbocycles. The van der Waals surface area contributed by atoms with Crippen molar-refractivity contribution in [3.05, 3.63) is 92.2 Å². The maximum absolute atomic E-state index is 13.0. The Kier molecular flexibility index (Phi) is 4.88. The maximum Gasteiger partial charge on any atom is 0.288 e. The van der Waals surface area contributed by atoms with Gasteiger partial charge in [-0.3, -0.25) is 19.3 Å².